The second-order valence-electron chi connectivity index (χ2n) is 3.48. The van der Waals surface area contributed by atoms with Crippen molar-refractivity contribution in [1.29, 1.82) is 0 Å². The highest BCUT2D eigenvalue weighted by Crippen LogP contribution is 2.18. The van der Waals surface area contributed by atoms with Gasteiger partial charge in [-0.05, 0) is 6.92 Å². The maximum absolute atomic E-state index is 10.7. The Morgan fingerprint density at radius 1 is 1.11 bits per heavy atom. The van der Waals surface area contributed by atoms with Gasteiger partial charge in [0, 0.05) is 12.1 Å². The molecule has 0 radical (unpaired) electrons. The van der Waals surface area contributed by atoms with Crippen molar-refractivity contribution in [3.8, 4) is 11.5 Å². The van der Waals surface area contributed by atoms with Crippen LogP contribution in [0.2, 0.25) is 0 Å². The van der Waals surface area contributed by atoms with Gasteiger partial charge >= 0.3 is 0 Å². The second kappa shape index (κ2) is 6.41. The molecule has 0 amide bonds. The molecule has 0 saturated heterocycles. The fraction of sp³-hybridized carbons (Fsp3) is 0.167. The molecule has 0 aliphatic rings. The predicted octanol–water partition coefficient (Wildman–Crippen LogP) is 0.744. The van der Waals surface area contributed by atoms with E-state index in [1.165, 1.54) is 13.2 Å². The molecule has 0 spiro atoms. The van der Waals surface area contributed by atoms with E-state index in [2.05, 4.69) is 4.42 Å². The van der Waals surface area contributed by atoms with Crippen molar-refractivity contribution < 1.29 is 24.2 Å². The summed E-state index contributed by atoms with van der Waals surface area (Å²) in [4.78, 5) is 21.0. The zero-order valence-corrected chi connectivity index (χ0v) is 9.94. The van der Waals surface area contributed by atoms with Crippen molar-refractivity contribution in [3.05, 3.63) is 57.1 Å². The molecule has 2 rings (SSSR count). The Hall–Kier alpha value is -2.54. The molecule has 1 unspecified atom stereocenters. The lowest BCUT2D eigenvalue weighted by Gasteiger charge is -2.02. The molecule has 0 fully saturated rings. The van der Waals surface area contributed by atoms with Gasteiger partial charge in [0.1, 0.15) is 12.4 Å². The highest BCUT2D eigenvalue weighted by Gasteiger charge is 2.11. The van der Waals surface area contributed by atoms with Crippen LogP contribution < -0.4 is 10.9 Å². The number of aromatic hydroxyl groups is 2. The Morgan fingerprint density at radius 3 is 2.16 bits per heavy atom. The molecule has 0 aliphatic heterocycles. The van der Waals surface area contributed by atoms with Gasteiger partial charge in [0.2, 0.25) is 16.6 Å². The Morgan fingerprint density at radius 2 is 1.74 bits per heavy atom. The van der Waals surface area contributed by atoms with Gasteiger partial charge in [-0.15, -0.1) is 0 Å². The van der Waals surface area contributed by atoms with Crippen molar-refractivity contribution in [2.45, 2.75) is 13.0 Å². The van der Waals surface area contributed by atoms with Crippen molar-refractivity contribution in [1.82, 2.24) is 0 Å². The standard InChI is InChI=1S/C7H8O4.C5H4O3/c1-4(8)7-6(10)5(9)2-3-11-7;6-4-1-2-8-3-5(4)7/h2-4,8,10H,1H3;1-3,7H. The molecule has 1 atom stereocenters. The lowest BCUT2D eigenvalue weighted by atomic mass is 10.2. The van der Waals surface area contributed by atoms with Crippen LogP contribution in [0.15, 0.2) is 49.3 Å². The first kappa shape index (κ1) is 14.5. The molecule has 0 bridgehead atoms. The van der Waals surface area contributed by atoms with Gasteiger partial charge in [-0.25, -0.2) is 0 Å². The molecule has 3 N–H and O–H groups in total. The zero-order chi connectivity index (χ0) is 14.4. The van der Waals surface area contributed by atoms with E-state index in [-0.39, 0.29) is 11.5 Å². The van der Waals surface area contributed by atoms with Gasteiger partial charge in [0.25, 0.3) is 0 Å². The summed E-state index contributed by atoms with van der Waals surface area (Å²) < 4.78 is 9.14. The summed E-state index contributed by atoms with van der Waals surface area (Å²) in [6.07, 6.45) is 2.36. The van der Waals surface area contributed by atoms with Crippen LogP contribution in [-0.4, -0.2) is 15.3 Å². The third kappa shape index (κ3) is 4.00. The summed E-state index contributed by atoms with van der Waals surface area (Å²) in [5.74, 6) is -0.979. The van der Waals surface area contributed by atoms with Crippen LogP contribution >= 0.6 is 0 Å². The average Bonchev–Trinajstić information content (AvgIpc) is 2.37. The van der Waals surface area contributed by atoms with Crippen LogP contribution in [0.25, 0.3) is 0 Å². The van der Waals surface area contributed by atoms with Crippen LogP contribution in [0, 0.1) is 0 Å². The Bertz CT molecular complexity index is 639. The topological polar surface area (TPSA) is 121 Å². The van der Waals surface area contributed by atoms with Gasteiger partial charge < -0.3 is 24.2 Å². The molecular formula is C12H12O7. The Balaban J connectivity index is 0.000000200. The van der Waals surface area contributed by atoms with E-state index in [1.54, 1.807) is 0 Å². The lowest BCUT2D eigenvalue weighted by molar-refractivity contribution is 0.160. The summed E-state index contributed by atoms with van der Waals surface area (Å²) >= 11 is 0. The number of aliphatic hydroxyl groups excluding tert-OH is 1. The minimum Gasteiger partial charge on any atom is -0.502 e. The molecule has 0 saturated carbocycles. The van der Waals surface area contributed by atoms with E-state index in [0.29, 0.717) is 0 Å². The van der Waals surface area contributed by atoms with Gasteiger partial charge in [0.15, 0.2) is 11.5 Å². The summed E-state index contributed by atoms with van der Waals surface area (Å²) in [6, 6.07) is 2.23. The van der Waals surface area contributed by atoms with E-state index in [4.69, 9.17) is 19.7 Å². The van der Waals surface area contributed by atoms with Crippen LogP contribution in [0.4, 0.5) is 0 Å². The summed E-state index contributed by atoms with van der Waals surface area (Å²) in [7, 11) is 0. The number of rotatable bonds is 1. The summed E-state index contributed by atoms with van der Waals surface area (Å²) in [5.41, 5.74) is -0.969. The van der Waals surface area contributed by atoms with Crippen molar-refractivity contribution in [2.75, 3.05) is 0 Å². The SMILES string of the molecule is CC(O)c1occc(=O)c1O.O=c1ccocc1O. The first-order valence-corrected chi connectivity index (χ1v) is 5.17. The van der Waals surface area contributed by atoms with Crippen LogP contribution in [0.1, 0.15) is 18.8 Å². The highest BCUT2D eigenvalue weighted by molar-refractivity contribution is 5.23. The minimum absolute atomic E-state index is 0.0995. The molecule has 0 aliphatic carbocycles. The molecule has 7 nitrogen and oxygen atoms in total. The average molecular weight is 268 g/mol. The number of hydrogen-bond acceptors (Lipinski definition) is 7. The second-order valence-corrected chi connectivity index (χ2v) is 3.48. The third-order valence-corrected chi connectivity index (χ3v) is 1.99. The van der Waals surface area contributed by atoms with E-state index in [9.17, 15) is 9.59 Å². The highest BCUT2D eigenvalue weighted by atomic mass is 16.4. The van der Waals surface area contributed by atoms with Gasteiger partial charge in [0.05, 0.1) is 12.5 Å². The van der Waals surface area contributed by atoms with E-state index in [0.717, 1.165) is 24.7 Å². The Labute approximate surface area is 107 Å². The molecule has 2 aromatic heterocycles. The van der Waals surface area contributed by atoms with Crippen LogP contribution in [0.5, 0.6) is 11.5 Å². The van der Waals surface area contributed by atoms with Crippen LogP contribution in [0.3, 0.4) is 0 Å². The minimum atomic E-state index is -0.969. The van der Waals surface area contributed by atoms with Crippen molar-refractivity contribution >= 4 is 0 Å². The van der Waals surface area contributed by atoms with Crippen molar-refractivity contribution in [3.63, 3.8) is 0 Å². The van der Waals surface area contributed by atoms with Crippen LogP contribution in [-0.2, 0) is 0 Å². The number of aliphatic hydroxyl groups is 1. The first-order valence-electron chi connectivity index (χ1n) is 5.17. The maximum Gasteiger partial charge on any atom is 0.226 e. The quantitative estimate of drug-likeness (QED) is 0.697. The molecule has 19 heavy (non-hydrogen) atoms. The fourth-order valence-electron chi connectivity index (χ4n) is 1.07. The van der Waals surface area contributed by atoms with E-state index < -0.39 is 22.7 Å². The normalized spacial score (nSPS) is 11.3. The smallest absolute Gasteiger partial charge is 0.226 e. The molecular weight excluding hydrogens is 256 g/mol. The number of hydrogen-bond donors (Lipinski definition) is 3. The zero-order valence-electron chi connectivity index (χ0n) is 9.94. The van der Waals surface area contributed by atoms with E-state index in [1.807, 2.05) is 0 Å². The van der Waals surface area contributed by atoms with Gasteiger partial charge in [-0.2, -0.15) is 0 Å². The fourth-order valence-corrected chi connectivity index (χ4v) is 1.07. The van der Waals surface area contributed by atoms with Crippen molar-refractivity contribution in [2.24, 2.45) is 0 Å². The largest absolute Gasteiger partial charge is 0.502 e. The lowest BCUT2D eigenvalue weighted by Crippen LogP contribution is -2.02. The first-order chi connectivity index (χ1) is 8.93. The summed E-state index contributed by atoms with van der Waals surface area (Å²) in [5, 5.41) is 26.5. The predicted molar refractivity (Wildman–Crippen MR) is 63.9 cm³/mol. The third-order valence-electron chi connectivity index (χ3n) is 1.99. The molecule has 102 valence electrons. The monoisotopic (exact) mass is 268 g/mol. The molecule has 2 heterocycles. The summed E-state index contributed by atoms with van der Waals surface area (Å²) in [6.45, 7) is 1.40. The van der Waals surface area contributed by atoms with E-state index >= 15 is 0 Å². The molecule has 7 heteroatoms. The Kier molecular flexibility index (Phi) is 4.90. The maximum atomic E-state index is 10.7. The molecule has 2 aromatic rings. The van der Waals surface area contributed by atoms with Gasteiger partial charge in [-0.3, -0.25) is 9.59 Å². The van der Waals surface area contributed by atoms with Gasteiger partial charge in [-0.1, -0.05) is 0 Å². The molecule has 0 aromatic carbocycles.